The van der Waals surface area contributed by atoms with E-state index < -0.39 is 22.9 Å². The van der Waals surface area contributed by atoms with Crippen LogP contribution in [0.1, 0.15) is 16.7 Å². The van der Waals surface area contributed by atoms with Crippen LogP contribution in [-0.2, 0) is 17.6 Å². The van der Waals surface area contributed by atoms with Crippen molar-refractivity contribution in [2.75, 3.05) is 4.90 Å². The maximum absolute atomic E-state index is 13.0. The lowest BCUT2D eigenvalue weighted by molar-refractivity contribution is -0.137. The molecule has 1 saturated heterocycles. The second-order valence-electron chi connectivity index (χ2n) is 7.05. The van der Waals surface area contributed by atoms with Crippen LogP contribution >= 0.6 is 23.4 Å². The van der Waals surface area contributed by atoms with Crippen LogP contribution in [0.5, 0.6) is 5.75 Å². The van der Waals surface area contributed by atoms with Crippen molar-refractivity contribution < 1.29 is 27.5 Å². The summed E-state index contributed by atoms with van der Waals surface area (Å²) in [6, 6.07) is 18.2. The number of carbonyl (C=O) groups excluding carboxylic acids is 2. The molecule has 0 spiro atoms. The number of thioether (sulfide) groups is 1. The normalized spacial score (nSPS) is 15.4. The highest BCUT2D eigenvalue weighted by molar-refractivity contribution is 8.19. The number of rotatable bonds is 5. The van der Waals surface area contributed by atoms with Crippen molar-refractivity contribution in [3.8, 4) is 5.75 Å². The number of halogens is 4. The monoisotopic (exact) mass is 489 g/mol. The van der Waals surface area contributed by atoms with Gasteiger partial charge in [0, 0.05) is 5.02 Å². The van der Waals surface area contributed by atoms with Crippen molar-refractivity contribution in [1.82, 2.24) is 0 Å². The molecule has 0 saturated carbocycles. The minimum absolute atomic E-state index is 0.104. The number of hydrogen-bond acceptors (Lipinski definition) is 4. The van der Waals surface area contributed by atoms with Gasteiger partial charge in [-0.15, -0.1) is 0 Å². The largest absolute Gasteiger partial charge is 0.489 e. The molecular weight excluding hydrogens is 475 g/mol. The van der Waals surface area contributed by atoms with Crippen molar-refractivity contribution in [3.05, 3.63) is 99.4 Å². The molecule has 0 aromatic heterocycles. The van der Waals surface area contributed by atoms with E-state index in [2.05, 4.69) is 0 Å². The van der Waals surface area contributed by atoms with Crippen molar-refractivity contribution in [1.29, 1.82) is 0 Å². The SMILES string of the molecule is O=C1S/C(=C\c2cccc(OCc3ccc(Cl)cc3)c2)C(=O)N1c1cccc(C(F)(F)F)c1. The number of alkyl halides is 3. The standard InChI is InChI=1S/C24H15ClF3NO3S/c25-18-9-7-15(8-10-18)14-32-20-6-1-3-16(11-20)12-21-22(30)29(23(31)33-21)19-5-2-4-17(13-19)24(26,27)28/h1-13H,14H2/b21-12-. The zero-order valence-electron chi connectivity index (χ0n) is 16.8. The Bertz CT molecular complexity index is 1240. The molecule has 33 heavy (non-hydrogen) atoms. The van der Waals surface area contributed by atoms with E-state index >= 15 is 0 Å². The van der Waals surface area contributed by atoms with Gasteiger partial charge in [-0.3, -0.25) is 9.59 Å². The molecule has 1 heterocycles. The molecule has 9 heteroatoms. The van der Waals surface area contributed by atoms with Crippen LogP contribution in [0.4, 0.5) is 23.7 Å². The maximum atomic E-state index is 13.0. The second kappa shape index (κ2) is 9.33. The summed E-state index contributed by atoms with van der Waals surface area (Å²) in [4.78, 5) is 26.1. The molecule has 0 aliphatic carbocycles. The highest BCUT2D eigenvalue weighted by atomic mass is 35.5. The topological polar surface area (TPSA) is 46.6 Å². The highest BCUT2D eigenvalue weighted by Crippen LogP contribution is 2.38. The molecule has 0 bridgehead atoms. The van der Waals surface area contributed by atoms with Crippen molar-refractivity contribution in [2.45, 2.75) is 12.8 Å². The number of amides is 2. The van der Waals surface area contributed by atoms with E-state index in [9.17, 15) is 22.8 Å². The Morgan fingerprint density at radius 3 is 2.42 bits per heavy atom. The lowest BCUT2D eigenvalue weighted by Crippen LogP contribution is -2.28. The van der Waals surface area contributed by atoms with E-state index in [0.29, 0.717) is 34.7 Å². The van der Waals surface area contributed by atoms with Crippen LogP contribution in [0.25, 0.3) is 6.08 Å². The van der Waals surface area contributed by atoms with E-state index in [1.165, 1.54) is 12.1 Å². The average Bonchev–Trinajstić information content (AvgIpc) is 3.06. The number of benzene rings is 3. The van der Waals surface area contributed by atoms with Gasteiger partial charge in [0.05, 0.1) is 16.2 Å². The van der Waals surface area contributed by atoms with Crippen LogP contribution in [0, 0.1) is 0 Å². The summed E-state index contributed by atoms with van der Waals surface area (Å²) in [6.07, 6.45) is -3.08. The number of carbonyl (C=O) groups is 2. The molecule has 4 rings (SSSR count). The van der Waals surface area contributed by atoms with Gasteiger partial charge in [0.15, 0.2) is 0 Å². The summed E-state index contributed by atoms with van der Waals surface area (Å²) in [6.45, 7) is 0.312. The average molecular weight is 490 g/mol. The van der Waals surface area contributed by atoms with E-state index in [1.807, 2.05) is 12.1 Å². The quantitative estimate of drug-likeness (QED) is 0.356. The first kappa shape index (κ1) is 22.9. The Labute approximate surface area is 196 Å². The third kappa shape index (κ3) is 5.40. The summed E-state index contributed by atoms with van der Waals surface area (Å²) >= 11 is 6.54. The predicted molar refractivity (Wildman–Crippen MR) is 122 cm³/mol. The van der Waals surface area contributed by atoms with Gasteiger partial charge in [0.25, 0.3) is 11.1 Å². The molecule has 0 N–H and O–H groups in total. The van der Waals surface area contributed by atoms with Gasteiger partial charge in [-0.25, -0.2) is 4.90 Å². The molecule has 0 unspecified atom stereocenters. The molecule has 0 atom stereocenters. The molecular formula is C24H15ClF3NO3S. The van der Waals surface area contributed by atoms with E-state index in [4.69, 9.17) is 16.3 Å². The molecule has 3 aromatic rings. The lowest BCUT2D eigenvalue weighted by atomic mass is 10.1. The minimum atomic E-state index is -4.58. The first-order valence-electron chi connectivity index (χ1n) is 9.63. The minimum Gasteiger partial charge on any atom is -0.489 e. The Kier molecular flexibility index (Phi) is 6.49. The summed E-state index contributed by atoms with van der Waals surface area (Å²) in [5.74, 6) is -0.132. The maximum Gasteiger partial charge on any atom is 0.416 e. The fraction of sp³-hybridized carbons (Fsp3) is 0.0833. The molecule has 1 aliphatic rings. The summed E-state index contributed by atoms with van der Waals surface area (Å²) in [7, 11) is 0. The fourth-order valence-corrected chi connectivity index (χ4v) is 4.07. The molecule has 4 nitrogen and oxygen atoms in total. The first-order valence-corrected chi connectivity index (χ1v) is 10.8. The lowest BCUT2D eigenvalue weighted by Gasteiger charge is -2.14. The fourth-order valence-electron chi connectivity index (χ4n) is 3.10. The van der Waals surface area contributed by atoms with Gasteiger partial charge < -0.3 is 4.74 Å². The van der Waals surface area contributed by atoms with Crippen molar-refractivity contribution in [3.63, 3.8) is 0 Å². The van der Waals surface area contributed by atoms with E-state index in [1.54, 1.807) is 36.4 Å². The first-order chi connectivity index (χ1) is 15.7. The third-order valence-corrected chi connectivity index (χ3v) is 5.82. The predicted octanol–water partition coefficient (Wildman–Crippen LogP) is 7.18. The number of hydrogen-bond donors (Lipinski definition) is 0. The molecule has 3 aromatic carbocycles. The summed E-state index contributed by atoms with van der Waals surface area (Å²) in [5, 5.41) is -0.0412. The van der Waals surface area contributed by atoms with Crippen LogP contribution < -0.4 is 9.64 Å². The molecule has 0 radical (unpaired) electrons. The van der Waals surface area contributed by atoms with Gasteiger partial charge in [-0.2, -0.15) is 13.2 Å². The number of anilines is 1. The Morgan fingerprint density at radius 2 is 1.70 bits per heavy atom. The van der Waals surface area contributed by atoms with E-state index in [-0.39, 0.29) is 10.6 Å². The summed E-state index contributed by atoms with van der Waals surface area (Å²) < 4.78 is 44.8. The zero-order valence-corrected chi connectivity index (χ0v) is 18.4. The zero-order chi connectivity index (χ0) is 23.6. The Hall–Kier alpha value is -3.23. The van der Waals surface area contributed by atoms with Crippen molar-refractivity contribution >= 4 is 46.3 Å². The van der Waals surface area contributed by atoms with Gasteiger partial charge in [0.1, 0.15) is 12.4 Å². The van der Waals surface area contributed by atoms with Crippen LogP contribution in [0.2, 0.25) is 5.02 Å². The number of nitrogens with zero attached hydrogens (tertiary/aromatic N) is 1. The summed E-state index contributed by atoms with van der Waals surface area (Å²) in [5.41, 5.74) is 0.467. The number of imide groups is 1. The second-order valence-corrected chi connectivity index (χ2v) is 8.48. The molecule has 1 aliphatic heterocycles. The molecule has 168 valence electrons. The van der Waals surface area contributed by atoms with Gasteiger partial charge in [0.2, 0.25) is 0 Å². The van der Waals surface area contributed by atoms with Crippen molar-refractivity contribution in [2.24, 2.45) is 0 Å². The Balaban J connectivity index is 1.52. The van der Waals surface area contributed by atoms with Crippen LogP contribution in [0.3, 0.4) is 0 Å². The van der Waals surface area contributed by atoms with Gasteiger partial charge in [-0.1, -0.05) is 41.9 Å². The number of ether oxygens (including phenoxy) is 1. The van der Waals surface area contributed by atoms with Crippen LogP contribution in [0.15, 0.2) is 77.7 Å². The van der Waals surface area contributed by atoms with Gasteiger partial charge >= 0.3 is 6.18 Å². The van der Waals surface area contributed by atoms with E-state index in [0.717, 1.165) is 28.7 Å². The molecule has 2 amide bonds. The van der Waals surface area contributed by atoms with Crippen LogP contribution in [-0.4, -0.2) is 11.1 Å². The Morgan fingerprint density at radius 1 is 0.970 bits per heavy atom. The third-order valence-electron chi connectivity index (χ3n) is 4.70. The smallest absolute Gasteiger partial charge is 0.416 e. The highest BCUT2D eigenvalue weighted by Gasteiger charge is 2.38. The molecule has 1 fully saturated rings. The van der Waals surface area contributed by atoms with Gasteiger partial charge in [-0.05, 0) is 71.4 Å².